The van der Waals surface area contributed by atoms with Crippen LogP contribution in [0.15, 0.2) is 30.3 Å². The highest BCUT2D eigenvalue weighted by molar-refractivity contribution is 6.30. The number of benzene rings is 1. The number of aryl methyl sites for hydroxylation is 2. The number of rotatable bonds is 5. The number of hydrogen-bond acceptors (Lipinski definition) is 4. The van der Waals surface area contributed by atoms with Crippen molar-refractivity contribution in [1.29, 1.82) is 0 Å². The fraction of sp³-hybridized carbons (Fsp3) is 0.235. The molecule has 0 saturated heterocycles. The lowest BCUT2D eigenvalue weighted by molar-refractivity contribution is -0.136. The first-order valence-corrected chi connectivity index (χ1v) is 7.40. The van der Waals surface area contributed by atoms with Crippen LogP contribution in [0.4, 0.5) is 0 Å². The Kier molecular flexibility index (Phi) is 5.34. The summed E-state index contributed by atoms with van der Waals surface area (Å²) in [6.07, 6.45) is 2.94. The molecule has 0 saturated carbocycles. The van der Waals surface area contributed by atoms with Gasteiger partial charge in [-0.05, 0) is 44.2 Å². The van der Waals surface area contributed by atoms with Gasteiger partial charge >= 0.3 is 5.97 Å². The van der Waals surface area contributed by atoms with E-state index in [0.717, 1.165) is 17.0 Å². The molecule has 0 aliphatic heterocycles. The van der Waals surface area contributed by atoms with Gasteiger partial charge in [0.05, 0.1) is 5.69 Å². The number of nitrogens with zero attached hydrogens (tertiary/aromatic N) is 2. The Morgan fingerprint density at radius 2 is 1.91 bits per heavy atom. The molecule has 0 amide bonds. The summed E-state index contributed by atoms with van der Waals surface area (Å²) in [5.41, 5.74) is 3.09. The second-order valence-electron chi connectivity index (χ2n) is 5.08. The molecule has 6 heteroatoms. The third-order valence-corrected chi connectivity index (χ3v) is 3.71. The van der Waals surface area contributed by atoms with Crippen molar-refractivity contribution in [2.45, 2.75) is 13.8 Å². The summed E-state index contributed by atoms with van der Waals surface area (Å²) in [7, 11) is 1.84. The largest absolute Gasteiger partial charge is 0.454 e. The fourth-order valence-corrected chi connectivity index (χ4v) is 2.21. The maximum Gasteiger partial charge on any atom is 0.331 e. The Morgan fingerprint density at radius 3 is 2.48 bits per heavy atom. The zero-order valence-corrected chi connectivity index (χ0v) is 13.9. The molecule has 0 unspecified atom stereocenters. The average molecular weight is 333 g/mol. The van der Waals surface area contributed by atoms with Crippen LogP contribution in [0.3, 0.4) is 0 Å². The molecule has 0 bridgehead atoms. The monoisotopic (exact) mass is 332 g/mol. The fourth-order valence-electron chi connectivity index (χ4n) is 2.09. The van der Waals surface area contributed by atoms with E-state index in [2.05, 4.69) is 5.10 Å². The number of Topliss-reactive ketones (excluding diaryl/α,β-unsaturated/α-hetero) is 1. The van der Waals surface area contributed by atoms with Crippen molar-refractivity contribution in [2.24, 2.45) is 7.05 Å². The molecule has 120 valence electrons. The minimum absolute atomic E-state index is 0.280. The van der Waals surface area contributed by atoms with Gasteiger partial charge in [-0.2, -0.15) is 5.10 Å². The summed E-state index contributed by atoms with van der Waals surface area (Å²) in [5, 5.41) is 4.80. The number of carbonyl (C=O) groups excluding carboxylic acids is 2. The molecule has 0 N–H and O–H groups in total. The van der Waals surface area contributed by atoms with Crippen LogP contribution in [0.25, 0.3) is 6.08 Å². The van der Waals surface area contributed by atoms with Crippen molar-refractivity contribution in [1.82, 2.24) is 9.78 Å². The Balaban J connectivity index is 1.93. The van der Waals surface area contributed by atoms with Crippen LogP contribution in [0.1, 0.15) is 27.3 Å². The molecule has 1 aromatic heterocycles. The van der Waals surface area contributed by atoms with E-state index in [9.17, 15) is 9.59 Å². The summed E-state index contributed by atoms with van der Waals surface area (Å²) in [5.74, 6) is -0.855. The Labute approximate surface area is 139 Å². The van der Waals surface area contributed by atoms with Gasteiger partial charge in [0.2, 0.25) is 0 Å². The number of ketones is 1. The molecule has 2 aromatic rings. The van der Waals surface area contributed by atoms with Gasteiger partial charge in [-0.1, -0.05) is 11.6 Å². The summed E-state index contributed by atoms with van der Waals surface area (Å²) < 4.78 is 6.70. The van der Waals surface area contributed by atoms with Crippen LogP contribution in [0.5, 0.6) is 0 Å². The smallest absolute Gasteiger partial charge is 0.331 e. The minimum atomic E-state index is -0.574. The summed E-state index contributed by atoms with van der Waals surface area (Å²) in [4.78, 5) is 23.6. The minimum Gasteiger partial charge on any atom is -0.454 e. The van der Waals surface area contributed by atoms with Crippen molar-refractivity contribution in [3.05, 3.63) is 57.9 Å². The first kappa shape index (κ1) is 17.0. The molecule has 0 spiro atoms. The number of halogens is 1. The molecule has 1 heterocycles. The lowest BCUT2D eigenvalue weighted by Crippen LogP contribution is -2.12. The van der Waals surface area contributed by atoms with Gasteiger partial charge in [-0.3, -0.25) is 9.48 Å². The quantitative estimate of drug-likeness (QED) is 0.479. The number of esters is 1. The van der Waals surface area contributed by atoms with E-state index in [-0.39, 0.29) is 12.4 Å². The van der Waals surface area contributed by atoms with Gasteiger partial charge in [0.1, 0.15) is 0 Å². The highest BCUT2D eigenvalue weighted by Gasteiger charge is 2.10. The Bertz CT molecular complexity index is 761. The van der Waals surface area contributed by atoms with E-state index in [0.29, 0.717) is 10.6 Å². The van der Waals surface area contributed by atoms with E-state index in [1.54, 1.807) is 35.0 Å². The second kappa shape index (κ2) is 7.24. The van der Waals surface area contributed by atoms with Crippen LogP contribution in [-0.4, -0.2) is 28.1 Å². The molecule has 1 aromatic carbocycles. The first-order chi connectivity index (χ1) is 10.9. The maximum absolute atomic E-state index is 11.9. The molecule has 23 heavy (non-hydrogen) atoms. The summed E-state index contributed by atoms with van der Waals surface area (Å²) in [6, 6.07) is 6.42. The standard InChI is InChI=1S/C17H17ClN2O3/c1-11-15(12(2)20(3)19-11)8-9-17(22)23-10-16(21)13-4-6-14(18)7-5-13/h4-9H,10H2,1-3H3/b9-8+. The van der Waals surface area contributed by atoms with Crippen LogP contribution >= 0.6 is 11.6 Å². The number of hydrogen-bond donors (Lipinski definition) is 0. The van der Waals surface area contributed by atoms with Crippen LogP contribution in [0.2, 0.25) is 5.02 Å². The van der Waals surface area contributed by atoms with Gasteiger partial charge in [-0.15, -0.1) is 0 Å². The van der Waals surface area contributed by atoms with Gasteiger partial charge in [0.25, 0.3) is 0 Å². The predicted octanol–water partition coefficient (Wildman–Crippen LogP) is 3.13. The van der Waals surface area contributed by atoms with Crippen molar-refractivity contribution < 1.29 is 14.3 Å². The lowest BCUT2D eigenvalue weighted by atomic mass is 10.1. The van der Waals surface area contributed by atoms with E-state index in [4.69, 9.17) is 16.3 Å². The van der Waals surface area contributed by atoms with Crippen molar-refractivity contribution in [3.63, 3.8) is 0 Å². The van der Waals surface area contributed by atoms with E-state index >= 15 is 0 Å². The molecule has 5 nitrogen and oxygen atoms in total. The molecule has 0 radical (unpaired) electrons. The summed E-state index contributed by atoms with van der Waals surface area (Å²) in [6.45, 7) is 3.47. The number of carbonyl (C=O) groups is 2. The van der Waals surface area contributed by atoms with Gasteiger partial charge in [0.15, 0.2) is 12.4 Å². The molecule has 2 rings (SSSR count). The van der Waals surface area contributed by atoms with Crippen molar-refractivity contribution in [2.75, 3.05) is 6.61 Å². The summed E-state index contributed by atoms with van der Waals surface area (Å²) >= 11 is 5.76. The van der Waals surface area contributed by atoms with Gasteiger partial charge in [0, 0.05) is 35.0 Å². The van der Waals surface area contributed by atoms with Gasteiger partial charge in [-0.25, -0.2) is 4.79 Å². The van der Waals surface area contributed by atoms with Crippen molar-refractivity contribution >= 4 is 29.4 Å². The highest BCUT2D eigenvalue weighted by atomic mass is 35.5. The van der Waals surface area contributed by atoms with E-state index in [1.807, 2.05) is 20.9 Å². The highest BCUT2D eigenvalue weighted by Crippen LogP contribution is 2.14. The molecular formula is C17H17ClN2O3. The lowest BCUT2D eigenvalue weighted by Gasteiger charge is -2.02. The van der Waals surface area contributed by atoms with Crippen molar-refractivity contribution in [3.8, 4) is 0 Å². The van der Waals surface area contributed by atoms with Gasteiger partial charge < -0.3 is 4.74 Å². The van der Waals surface area contributed by atoms with E-state index < -0.39 is 5.97 Å². The predicted molar refractivity (Wildman–Crippen MR) is 88.5 cm³/mol. The molecular weight excluding hydrogens is 316 g/mol. The topological polar surface area (TPSA) is 61.2 Å². The maximum atomic E-state index is 11.9. The average Bonchev–Trinajstić information content (AvgIpc) is 2.76. The van der Waals surface area contributed by atoms with E-state index in [1.165, 1.54) is 6.08 Å². The Hall–Kier alpha value is -2.40. The molecule has 0 atom stereocenters. The zero-order chi connectivity index (χ0) is 17.0. The van der Waals surface area contributed by atoms with Crippen LogP contribution in [-0.2, 0) is 16.6 Å². The third kappa shape index (κ3) is 4.29. The third-order valence-electron chi connectivity index (χ3n) is 3.46. The Morgan fingerprint density at radius 1 is 1.26 bits per heavy atom. The molecule has 0 aliphatic rings. The van der Waals surface area contributed by atoms with Crippen LogP contribution in [0, 0.1) is 13.8 Å². The van der Waals surface area contributed by atoms with Crippen LogP contribution < -0.4 is 0 Å². The SMILES string of the molecule is Cc1nn(C)c(C)c1/C=C/C(=O)OCC(=O)c1ccc(Cl)cc1. The normalized spacial score (nSPS) is 11.0. The zero-order valence-electron chi connectivity index (χ0n) is 13.2. The molecule has 0 fully saturated rings. The first-order valence-electron chi connectivity index (χ1n) is 7.02. The molecule has 0 aliphatic carbocycles. The number of ether oxygens (including phenoxy) is 1. The second-order valence-corrected chi connectivity index (χ2v) is 5.52. The number of aromatic nitrogens is 2.